The number of rotatable bonds is 4. The Balaban J connectivity index is 2.56. The summed E-state index contributed by atoms with van der Waals surface area (Å²) in [5.74, 6) is -0.268. The number of hydrogen-bond donors (Lipinski definition) is 0. The average Bonchev–Trinajstić information content (AvgIpc) is 2.09. The molecule has 0 atom stereocenters. The number of ether oxygens (including phenoxy) is 1. The maximum Gasteiger partial charge on any atom is 0.255 e. The normalized spacial score (nSPS) is 10.1. The Hall–Kier alpha value is -1.12. The number of hydrogen-bond acceptors (Lipinski definition) is 2. The third-order valence-electron chi connectivity index (χ3n) is 1.71. The van der Waals surface area contributed by atoms with Crippen LogP contribution in [0.3, 0.4) is 0 Å². The second-order valence-electron chi connectivity index (χ2n) is 2.94. The molecule has 0 N–H and O–H groups in total. The van der Waals surface area contributed by atoms with Crippen molar-refractivity contribution in [2.75, 3.05) is 6.61 Å². The maximum atomic E-state index is 13.0. The highest BCUT2D eigenvalue weighted by Gasteiger charge is 2.03. The molecule has 0 spiro atoms. The number of pyridine rings is 1. The molecule has 0 saturated heterocycles. The minimum absolute atomic E-state index is 0.249. The first kappa shape index (κ1) is 9.96. The molecular weight excluding hydrogens is 169 g/mol. The smallest absolute Gasteiger partial charge is 0.255 e. The minimum atomic E-state index is -0.517. The SMILES string of the molecule is CCCCOc1ccc(C)nc1F. The van der Waals surface area contributed by atoms with Gasteiger partial charge in [-0.3, -0.25) is 0 Å². The predicted octanol–water partition coefficient (Wildman–Crippen LogP) is 2.71. The molecule has 0 amide bonds. The Bertz CT molecular complexity index is 276. The molecule has 3 heteroatoms. The fourth-order valence-corrected chi connectivity index (χ4v) is 0.946. The fraction of sp³-hybridized carbons (Fsp3) is 0.500. The van der Waals surface area contributed by atoms with E-state index in [0.29, 0.717) is 12.3 Å². The molecule has 0 aliphatic carbocycles. The van der Waals surface area contributed by atoms with E-state index in [1.165, 1.54) is 0 Å². The second kappa shape index (κ2) is 4.80. The van der Waals surface area contributed by atoms with E-state index in [4.69, 9.17) is 4.74 Å². The van der Waals surface area contributed by atoms with Crippen molar-refractivity contribution in [3.8, 4) is 5.75 Å². The first-order valence-corrected chi connectivity index (χ1v) is 4.50. The number of aryl methyl sites for hydroxylation is 1. The maximum absolute atomic E-state index is 13.0. The van der Waals surface area contributed by atoms with Crippen molar-refractivity contribution >= 4 is 0 Å². The third-order valence-corrected chi connectivity index (χ3v) is 1.71. The van der Waals surface area contributed by atoms with Gasteiger partial charge in [-0.25, -0.2) is 4.98 Å². The number of halogens is 1. The first-order valence-electron chi connectivity index (χ1n) is 4.50. The van der Waals surface area contributed by atoms with Gasteiger partial charge < -0.3 is 4.74 Å². The van der Waals surface area contributed by atoms with Crippen LogP contribution >= 0.6 is 0 Å². The van der Waals surface area contributed by atoms with Crippen LogP contribution in [0.25, 0.3) is 0 Å². The van der Waals surface area contributed by atoms with Crippen LogP contribution < -0.4 is 4.74 Å². The zero-order valence-corrected chi connectivity index (χ0v) is 8.01. The summed E-state index contributed by atoms with van der Waals surface area (Å²) in [4.78, 5) is 3.66. The molecule has 1 heterocycles. The fourth-order valence-electron chi connectivity index (χ4n) is 0.946. The lowest BCUT2D eigenvalue weighted by molar-refractivity contribution is 0.289. The van der Waals surface area contributed by atoms with Crippen LogP contribution in [0.5, 0.6) is 5.75 Å². The van der Waals surface area contributed by atoms with Crippen LogP contribution in [0.2, 0.25) is 0 Å². The zero-order chi connectivity index (χ0) is 9.68. The summed E-state index contributed by atoms with van der Waals surface area (Å²) < 4.78 is 18.2. The van der Waals surface area contributed by atoms with Crippen LogP contribution in [-0.2, 0) is 0 Å². The Labute approximate surface area is 77.8 Å². The van der Waals surface area contributed by atoms with Gasteiger partial charge in [0.05, 0.1) is 6.61 Å². The van der Waals surface area contributed by atoms with E-state index in [-0.39, 0.29) is 5.75 Å². The average molecular weight is 183 g/mol. The van der Waals surface area contributed by atoms with Gasteiger partial charge in [0.1, 0.15) is 0 Å². The van der Waals surface area contributed by atoms with Gasteiger partial charge in [-0.05, 0) is 25.5 Å². The summed E-state index contributed by atoms with van der Waals surface area (Å²) >= 11 is 0. The molecule has 0 radical (unpaired) electrons. The largest absolute Gasteiger partial charge is 0.489 e. The Morgan fingerprint density at radius 2 is 2.23 bits per heavy atom. The van der Waals surface area contributed by atoms with Gasteiger partial charge in [0, 0.05) is 5.69 Å². The highest BCUT2D eigenvalue weighted by molar-refractivity contribution is 5.21. The van der Waals surface area contributed by atoms with Crippen LogP contribution in [0, 0.1) is 12.9 Å². The Kier molecular flexibility index (Phi) is 3.68. The number of aromatic nitrogens is 1. The van der Waals surface area contributed by atoms with Gasteiger partial charge in [-0.1, -0.05) is 13.3 Å². The minimum Gasteiger partial charge on any atom is -0.489 e. The molecule has 1 aromatic rings. The van der Waals surface area contributed by atoms with Crippen molar-refractivity contribution in [1.82, 2.24) is 4.98 Å². The summed E-state index contributed by atoms with van der Waals surface area (Å²) in [7, 11) is 0. The highest BCUT2D eigenvalue weighted by Crippen LogP contribution is 2.14. The lowest BCUT2D eigenvalue weighted by atomic mass is 10.3. The van der Waals surface area contributed by atoms with Crippen molar-refractivity contribution in [2.24, 2.45) is 0 Å². The molecule has 1 rings (SSSR count). The lowest BCUT2D eigenvalue weighted by Gasteiger charge is -2.05. The molecule has 0 aromatic carbocycles. The Morgan fingerprint density at radius 1 is 1.46 bits per heavy atom. The van der Waals surface area contributed by atoms with Crippen LogP contribution in [-0.4, -0.2) is 11.6 Å². The quantitative estimate of drug-likeness (QED) is 0.529. The molecule has 72 valence electrons. The second-order valence-corrected chi connectivity index (χ2v) is 2.94. The van der Waals surface area contributed by atoms with Crippen LogP contribution in [0.1, 0.15) is 25.5 Å². The van der Waals surface area contributed by atoms with E-state index in [2.05, 4.69) is 11.9 Å². The highest BCUT2D eigenvalue weighted by atomic mass is 19.1. The van der Waals surface area contributed by atoms with Gasteiger partial charge in [0.15, 0.2) is 5.75 Å². The van der Waals surface area contributed by atoms with Crippen molar-refractivity contribution in [3.63, 3.8) is 0 Å². The van der Waals surface area contributed by atoms with Crippen molar-refractivity contribution in [3.05, 3.63) is 23.8 Å². The monoisotopic (exact) mass is 183 g/mol. The van der Waals surface area contributed by atoms with Crippen LogP contribution in [0.15, 0.2) is 12.1 Å². The standard InChI is InChI=1S/C10H14FNO/c1-3-4-7-13-9-6-5-8(2)12-10(9)11/h5-6H,3-4,7H2,1-2H3. The molecule has 0 bridgehead atoms. The van der Waals surface area contributed by atoms with E-state index >= 15 is 0 Å². The molecule has 13 heavy (non-hydrogen) atoms. The van der Waals surface area contributed by atoms with E-state index in [0.717, 1.165) is 12.8 Å². The van der Waals surface area contributed by atoms with Gasteiger partial charge in [-0.15, -0.1) is 0 Å². The summed E-state index contributed by atoms with van der Waals surface area (Å²) in [6, 6.07) is 3.36. The van der Waals surface area contributed by atoms with E-state index in [1.807, 2.05) is 0 Å². The topological polar surface area (TPSA) is 22.1 Å². The van der Waals surface area contributed by atoms with E-state index in [9.17, 15) is 4.39 Å². The molecule has 0 saturated carbocycles. The molecule has 2 nitrogen and oxygen atoms in total. The third kappa shape index (κ3) is 3.01. The molecule has 0 unspecified atom stereocenters. The molecule has 1 aromatic heterocycles. The van der Waals surface area contributed by atoms with Gasteiger partial charge in [-0.2, -0.15) is 4.39 Å². The summed E-state index contributed by atoms with van der Waals surface area (Å²) in [6.07, 6.45) is 1.98. The molecule has 0 aliphatic rings. The predicted molar refractivity (Wildman–Crippen MR) is 49.3 cm³/mol. The summed E-state index contributed by atoms with van der Waals surface area (Å²) in [6.45, 7) is 4.37. The number of nitrogens with zero attached hydrogens (tertiary/aromatic N) is 1. The van der Waals surface area contributed by atoms with Crippen molar-refractivity contribution in [1.29, 1.82) is 0 Å². The van der Waals surface area contributed by atoms with Gasteiger partial charge in [0.25, 0.3) is 5.95 Å². The van der Waals surface area contributed by atoms with Crippen molar-refractivity contribution < 1.29 is 9.13 Å². The molecule has 0 aliphatic heterocycles. The van der Waals surface area contributed by atoms with Gasteiger partial charge in [0.2, 0.25) is 0 Å². The van der Waals surface area contributed by atoms with E-state index < -0.39 is 5.95 Å². The van der Waals surface area contributed by atoms with E-state index in [1.54, 1.807) is 19.1 Å². The van der Waals surface area contributed by atoms with Crippen LogP contribution in [0.4, 0.5) is 4.39 Å². The number of unbranched alkanes of at least 4 members (excludes halogenated alkanes) is 1. The zero-order valence-electron chi connectivity index (χ0n) is 8.01. The summed E-state index contributed by atoms with van der Waals surface area (Å²) in [5.41, 5.74) is 0.667. The first-order chi connectivity index (χ1) is 6.24. The van der Waals surface area contributed by atoms with Crippen molar-refractivity contribution in [2.45, 2.75) is 26.7 Å². The van der Waals surface area contributed by atoms with Gasteiger partial charge >= 0.3 is 0 Å². The Morgan fingerprint density at radius 3 is 2.85 bits per heavy atom. The molecule has 0 fully saturated rings. The lowest BCUT2D eigenvalue weighted by Crippen LogP contribution is -2.00. The molecular formula is C10H14FNO. The summed E-state index contributed by atoms with van der Waals surface area (Å²) in [5, 5.41) is 0.